The summed E-state index contributed by atoms with van der Waals surface area (Å²) < 4.78 is 6.31. The average molecular weight is 381 g/mol. The maximum Gasteiger partial charge on any atom is 0.0959 e. The summed E-state index contributed by atoms with van der Waals surface area (Å²) in [5, 5.41) is 2.07. The summed E-state index contributed by atoms with van der Waals surface area (Å²) in [5.41, 5.74) is 3.52. The number of hydrogen-bond donors (Lipinski definition) is 1. The van der Waals surface area contributed by atoms with Crippen molar-refractivity contribution in [2.45, 2.75) is 25.0 Å². The topological polar surface area (TPSA) is 28.3 Å². The Labute approximate surface area is 165 Å². The van der Waals surface area contributed by atoms with Crippen molar-refractivity contribution in [3.05, 3.63) is 83.5 Å². The lowest BCUT2D eigenvalue weighted by molar-refractivity contribution is -0.0797. The third-order valence-corrected chi connectivity index (χ3v) is 5.83. The van der Waals surface area contributed by atoms with E-state index in [2.05, 4.69) is 59.1 Å². The predicted octanol–water partition coefficient (Wildman–Crippen LogP) is 5.52. The molecule has 0 unspecified atom stereocenters. The van der Waals surface area contributed by atoms with Crippen molar-refractivity contribution in [1.29, 1.82) is 0 Å². The van der Waals surface area contributed by atoms with Gasteiger partial charge in [-0.3, -0.25) is 4.90 Å². The lowest BCUT2D eigenvalue weighted by Crippen LogP contribution is -2.44. The molecule has 4 rings (SSSR count). The number of hydrogen-bond acceptors (Lipinski definition) is 2. The molecule has 1 N–H and O–H groups in total. The van der Waals surface area contributed by atoms with Crippen LogP contribution in [-0.2, 0) is 16.9 Å². The van der Waals surface area contributed by atoms with Gasteiger partial charge in [-0.25, -0.2) is 0 Å². The molecule has 1 aliphatic rings. The Hall–Kier alpha value is -2.07. The third-order valence-electron chi connectivity index (χ3n) is 5.58. The van der Waals surface area contributed by atoms with Crippen LogP contribution in [0.15, 0.2) is 67.4 Å². The number of fused-ring (bicyclic) bond motifs is 1. The summed E-state index contributed by atoms with van der Waals surface area (Å²) in [5.74, 6) is 0. The number of aromatic amines is 1. The van der Waals surface area contributed by atoms with E-state index in [1.165, 1.54) is 22.0 Å². The number of H-pyrrole nitrogens is 1. The van der Waals surface area contributed by atoms with Crippen LogP contribution in [0.4, 0.5) is 0 Å². The van der Waals surface area contributed by atoms with Crippen LogP contribution in [0.3, 0.4) is 0 Å². The van der Waals surface area contributed by atoms with Crippen LogP contribution in [0.1, 0.15) is 24.0 Å². The predicted molar refractivity (Wildman–Crippen MR) is 112 cm³/mol. The minimum atomic E-state index is -0.254. The van der Waals surface area contributed by atoms with E-state index < -0.39 is 0 Å². The minimum absolute atomic E-state index is 0.254. The smallest absolute Gasteiger partial charge is 0.0959 e. The van der Waals surface area contributed by atoms with Crippen LogP contribution in [-0.4, -0.2) is 29.6 Å². The fourth-order valence-electron chi connectivity index (χ4n) is 4.06. The Bertz CT molecular complexity index is 908. The first-order chi connectivity index (χ1) is 13.2. The molecular formula is C23H25ClN2O. The summed E-state index contributed by atoms with van der Waals surface area (Å²) in [7, 11) is 0. The molecule has 0 bridgehead atoms. The molecule has 0 radical (unpaired) electrons. The number of nitrogens with zero attached hydrogens (tertiary/aromatic N) is 1. The Kier molecular flexibility index (Phi) is 5.35. The monoisotopic (exact) mass is 380 g/mol. The number of rotatable bonds is 6. The first kappa shape index (κ1) is 18.3. The fraction of sp³-hybridized carbons (Fsp3) is 0.304. The van der Waals surface area contributed by atoms with E-state index >= 15 is 0 Å². The molecule has 1 fully saturated rings. The quantitative estimate of drug-likeness (QED) is 0.570. The second-order valence-electron chi connectivity index (χ2n) is 7.24. The highest BCUT2D eigenvalue weighted by Gasteiger charge is 2.37. The largest absolute Gasteiger partial charge is 0.366 e. The maximum absolute atomic E-state index is 6.31. The standard InChI is InChI=1S/C23H25ClN2O/c1-2-15-27-23(19-7-9-20(24)10-8-19)11-13-26(14-12-23)17-18-16-25-22-6-4-3-5-21(18)22/h2-10,16,25H,1,11-15,17H2. The normalized spacial score (nSPS) is 17.2. The molecule has 0 spiro atoms. The SMILES string of the molecule is C=CCOC1(c2ccc(Cl)cc2)CCN(Cc2c[nH]c3ccccc23)CC1. The van der Waals surface area contributed by atoms with Gasteiger partial charge in [0.05, 0.1) is 12.2 Å². The van der Waals surface area contributed by atoms with E-state index in [4.69, 9.17) is 16.3 Å². The van der Waals surface area contributed by atoms with Gasteiger partial charge in [0.15, 0.2) is 0 Å². The van der Waals surface area contributed by atoms with Gasteiger partial charge in [0, 0.05) is 41.8 Å². The molecule has 3 aromatic rings. The molecule has 0 aliphatic carbocycles. The summed E-state index contributed by atoms with van der Waals surface area (Å²) in [4.78, 5) is 5.89. The number of halogens is 1. The van der Waals surface area contributed by atoms with Gasteiger partial charge in [0.25, 0.3) is 0 Å². The number of aromatic nitrogens is 1. The Balaban J connectivity index is 1.49. The first-order valence-electron chi connectivity index (χ1n) is 9.48. The Morgan fingerprint density at radius 2 is 1.85 bits per heavy atom. The van der Waals surface area contributed by atoms with Crippen LogP contribution < -0.4 is 0 Å². The van der Waals surface area contributed by atoms with Gasteiger partial charge in [-0.2, -0.15) is 0 Å². The zero-order valence-corrected chi connectivity index (χ0v) is 16.2. The highest BCUT2D eigenvalue weighted by atomic mass is 35.5. The lowest BCUT2D eigenvalue weighted by atomic mass is 9.84. The molecule has 0 saturated carbocycles. The van der Waals surface area contributed by atoms with E-state index in [1.54, 1.807) is 0 Å². The van der Waals surface area contributed by atoms with Gasteiger partial charge in [0.2, 0.25) is 0 Å². The highest BCUT2D eigenvalue weighted by molar-refractivity contribution is 6.30. The zero-order valence-electron chi connectivity index (χ0n) is 15.5. The Morgan fingerprint density at radius 1 is 1.11 bits per heavy atom. The van der Waals surface area contributed by atoms with Crippen molar-refractivity contribution in [2.75, 3.05) is 19.7 Å². The van der Waals surface area contributed by atoms with E-state index in [9.17, 15) is 0 Å². The summed E-state index contributed by atoms with van der Waals surface area (Å²) in [6.45, 7) is 7.34. The second-order valence-corrected chi connectivity index (χ2v) is 7.67. The van der Waals surface area contributed by atoms with Gasteiger partial charge in [0.1, 0.15) is 0 Å². The van der Waals surface area contributed by atoms with Crippen molar-refractivity contribution in [1.82, 2.24) is 9.88 Å². The van der Waals surface area contributed by atoms with Crippen LogP contribution in [0.2, 0.25) is 5.02 Å². The fourth-order valence-corrected chi connectivity index (χ4v) is 4.19. The number of para-hydroxylation sites is 1. The second kappa shape index (κ2) is 7.89. The van der Waals surface area contributed by atoms with Crippen molar-refractivity contribution in [3.63, 3.8) is 0 Å². The number of ether oxygens (including phenoxy) is 1. The number of benzene rings is 2. The third kappa shape index (κ3) is 3.81. The van der Waals surface area contributed by atoms with Gasteiger partial charge in [-0.1, -0.05) is 48.0 Å². The zero-order chi connectivity index (χ0) is 18.7. The Morgan fingerprint density at radius 3 is 2.59 bits per heavy atom. The van der Waals surface area contributed by atoms with E-state index in [0.717, 1.165) is 37.5 Å². The molecule has 3 nitrogen and oxygen atoms in total. The van der Waals surface area contributed by atoms with Crippen LogP contribution in [0.25, 0.3) is 10.9 Å². The minimum Gasteiger partial charge on any atom is -0.366 e. The van der Waals surface area contributed by atoms with Gasteiger partial charge < -0.3 is 9.72 Å². The maximum atomic E-state index is 6.31. The lowest BCUT2D eigenvalue weighted by Gasteiger charge is -2.42. The molecule has 0 atom stereocenters. The number of likely N-dealkylation sites (tertiary alicyclic amines) is 1. The van der Waals surface area contributed by atoms with Gasteiger partial charge in [-0.05, 0) is 42.2 Å². The van der Waals surface area contributed by atoms with Crippen LogP contribution in [0.5, 0.6) is 0 Å². The van der Waals surface area contributed by atoms with Crippen molar-refractivity contribution >= 4 is 22.5 Å². The molecule has 4 heteroatoms. The molecule has 2 heterocycles. The van der Waals surface area contributed by atoms with Crippen LogP contribution in [0, 0.1) is 0 Å². The summed E-state index contributed by atoms with van der Waals surface area (Å²) >= 11 is 6.08. The average Bonchev–Trinajstić information content (AvgIpc) is 3.11. The first-order valence-corrected chi connectivity index (χ1v) is 9.86. The molecule has 1 aromatic heterocycles. The van der Waals surface area contributed by atoms with Gasteiger partial charge >= 0.3 is 0 Å². The van der Waals surface area contributed by atoms with Crippen molar-refractivity contribution < 1.29 is 4.74 Å². The molecule has 27 heavy (non-hydrogen) atoms. The number of nitrogens with one attached hydrogen (secondary N) is 1. The van der Waals surface area contributed by atoms with Gasteiger partial charge in [-0.15, -0.1) is 6.58 Å². The summed E-state index contributed by atoms with van der Waals surface area (Å²) in [6.07, 6.45) is 5.89. The molecular weight excluding hydrogens is 356 g/mol. The molecule has 1 aliphatic heterocycles. The van der Waals surface area contributed by atoms with E-state index in [-0.39, 0.29) is 5.60 Å². The van der Waals surface area contributed by atoms with E-state index in [0.29, 0.717) is 6.61 Å². The molecule has 1 saturated heterocycles. The molecule has 0 amide bonds. The number of piperidine rings is 1. The highest BCUT2D eigenvalue weighted by Crippen LogP contribution is 2.38. The summed E-state index contributed by atoms with van der Waals surface area (Å²) in [6, 6.07) is 16.6. The van der Waals surface area contributed by atoms with Crippen molar-refractivity contribution in [3.8, 4) is 0 Å². The van der Waals surface area contributed by atoms with E-state index in [1.807, 2.05) is 18.2 Å². The molecule has 140 valence electrons. The molecule has 2 aromatic carbocycles. The van der Waals surface area contributed by atoms with Crippen molar-refractivity contribution in [2.24, 2.45) is 0 Å². The van der Waals surface area contributed by atoms with Crippen LogP contribution >= 0.6 is 11.6 Å².